The van der Waals surface area contributed by atoms with Crippen LogP contribution in [0.5, 0.6) is 0 Å². The van der Waals surface area contributed by atoms with Gasteiger partial charge in [0.15, 0.2) is 8.07 Å². The highest BCUT2D eigenvalue weighted by molar-refractivity contribution is 7.22. The summed E-state index contributed by atoms with van der Waals surface area (Å²) in [5.74, 6) is 0. The number of fused-ring (bicyclic) bond motifs is 9. The first-order chi connectivity index (χ1) is 35.5. The molecule has 0 saturated carbocycles. The first-order valence-electron chi connectivity index (χ1n) is 25.3. The van der Waals surface area contributed by atoms with Crippen molar-refractivity contribution in [2.45, 2.75) is 24.7 Å². The fraction of sp³-hybridized carbons (Fsp3) is 0.0571. The van der Waals surface area contributed by atoms with Crippen LogP contribution < -0.4 is 25.6 Å². The smallest absolute Gasteiger partial charge is 0.180 e. The summed E-state index contributed by atoms with van der Waals surface area (Å²) < 4.78 is 0. The maximum Gasteiger partial charge on any atom is 0.180 e. The van der Waals surface area contributed by atoms with Gasteiger partial charge in [0.2, 0.25) is 0 Å². The molecule has 14 rings (SSSR count). The van der Waals surface area contributed by atoms with E-state index in [0.29, 0.717) is 0 Å². The molecule has 0 aromatic heterocycles. The van der Waals surface area contributed by atoms with Gasteiger partial charge in [0.1, 0.15) is 0 Å². The van der Waals surface area contributed by atoms with Crippen LogP contribution in [0, 0.1) is 6.92 Å². The molecule has 0 amide bonds. The van der Waals surface area contributed by atoms with Crippen molar-refractivity contribution in [2.24, 2.45) is 0 Å². The first kappa shape index (κ1) is 42.3. The van der Waals surface area contributed by atoms with Crippen LogP contribution in [0.25, 0.3) is 33.4 Å². The summed E-state index contributed by atoms with van der Waals surface area (Å²) in [7, 11) is -2.86. The molecule has 2 heteroatoms. The molecule has 2 aliphatic carbocycles. The average molecular weight is 934 g/mol. The van der Waals surface area contributed by atoms with E-state index in [9.17, 15) is 0 Å². The van der Waals surface area contributed by atoms with E-state index in [2.05, 4.69) is 292 Å². The number of rotatable bonds is 8. The Kier molecular flexibility index (Phi) is 9.55. The van der Waals surface area contributed by atoms with E-state index in [4.69, 9.17) is 0 Å². The minimum absolute atomic E-state index is 0.370. The molecule has 11 aromatic carbocycles. The molecule has 340 valence electrons. The van der Waals surface area contributed by atoms with Gasteiger partial charge in [-0.1, -0.05) is 237 Å². The Morgan fingerprint density at radius 1 is 0.306 bits per heavy atom. The lowest BCUT2D eigenvalue weighted by atomic mass is 9.67. The fourth-order valence-corrected chi connectivity index (χ4v) is 18.9. The summed E-state index contributed by atoms with van der Waals surface area (Å²) in [5, 5.41) is 5.66. The first-order valence-corrected chi connectivity index (χ1v) is 27.3. The summed E-state index contributed by atoms with van der Waals surface area (Å²) in [6.07, 6.45) is 0. The molecule has 3 aliphatic rings. The molecule has 1 nitrogen and oxygen atoms in total. The number of aryl methyl sites for hydroxylation is 1. The van der Waals surface area contributed by atoms with Crippen LogP contribution in [0.2, 0.25) is 0 Å². The topological polar surface area (TPSA) is 3.24 Å². The monoisotopic (exact) mass is 933 g/mol. The van der Waals surface area contributed by atoms with Crippen LogP contribution in [0.4, 0.5) is 17.1 Å². The van der Waals surface area contributed by atoms with E-state index in [1.54, 1.807) is 0 Å². The standard InChI is InChI=1S/C70H51NSi/c1-48-43-54(46-56(44-48)72(55-29-10-5-11-30-55)67-39-20-15-34-61(67)62-35-16-21-40-68(62)72)71(53-41-42-60-57-31-12-17-36-63(57)69(2,66(60)47-53)49-23-6-3-7-24-49)52-28-22-27-51(45-52)70(50-25-8-4-9-26-50)64-37-18-13-32-58(64)59-33-14-19-38-65(59)70/h3-47H,1-2H3. The third-order valence-electron chi connectivity index (χ3n) is 16.5. The molecule has 1 heterocycles. The number of hydrogen-bond acceptors (Lipinski definition) is 1. The maximum atomic E-state index is 2.57. The highest BCUT2D eigenvalue weighted by Crippen LogP contribution is 2.57. The average Bonchev–Trinajstić information content (AvgIpc) is 4.02. The van der Waals surface area contributed by atoms with Gasteiger partial charge in [-0.3, -0.25) is 0 Å². The molecule has 11 aromatic rings. The highest BCUT2D eigenvalue weighted by atomic mass is 28.3. The van der Waals surface area contributed by atoms with Gasteiger partial charge in [0, 0.05) is 22.5 Å². The van der Waals surface area contributed by atoms with Crippen molar-refractivity contribution in [3.05, 3.63) is 317 Å². The maximum absolute atomic E-state index is 2.86. The van der Waals surface area contributed by atoms with Gasteiger partial charge in [-0.25, -0.2) is 0 Å². The van der Waals surface area contributed by atoms with Gasteiger partial charge >= 0.3 is 0 Å². The second-order valence-corrected chi connectivity index (χ2v) is 23.9. The zero-order chi connectivity index (χ0) is 48.0. The van der Waals surface area contributed by atoms with Crippen molar-refractivity contribution in [1.82, 2.24) is 0 Å². The van der Waals surface area contributed by atoms with Crippen molar-refractivity contribution in [1.29, 1.82) is 0 Å². The van der Waals surface area contributed by atoms with Crippen LogP contribution in [0.3, 0.4) is 0 Å². The Hall–Kier alpha value is -8.56. The van der Waals surface area contributed by atoms with Crippen LogP contribution in [0.15, 0.2) is 273 Å². The molecule has 0 radical (unpaired) electrons. The van der Waals surface area contributed by atoms with Crippen molar-refractivity contribution in [3.8, 4) is 33.4 Å². The summed E-state index contributed by atoms with van der Waals surface area (Å²) >= 11 is 0. The summed E-state index contributed by atoms with van der Waals surface area (Å²) in [6, 6.07) is 104. The summed E-state index contributed by atoms with van der Waals surface area (Å²) in [5.41, 5.74) is 20.6. The minimum Gasteiger partial charge on any atom is -0.310 e. The molecular weight excluding hydrogens is 883 g/mol. The lowest BCUT2D eigenvalue weighted by Crippen LogP contribution is -2.72. The second kappa shape index (κ2) is 16.2. The van der Waals surface area contributed by atoms with Crippen LogP contribution >= 0.6 is 0 Å². The SMILES string of the molecule is Cc1cc(N(c2cccc(C3(c4ccccc4)c4ccccc4-c4ccccc43)c2)c2ccc3c(c2)C(C)(c2ccccc2)c2ccccc2-3)cc([Si]2(c3ccccc3)c3ccccc3-c3ccccc32)c1. The molecular formula is C70H51NSi. The molecule has 0 bridgehead atoms. The highest BCUT2D eigenvalue weighted by Gasteiger charge is 2.50. The quantitative estimate of drug-likeness (QED) is 0.137. The van der Waals surface area contributed by atoms with Crippen LogP contribution in [0.1, 0.15) is 51.4 Å². The molecule has 0 fully saturated rings. The fourth-order valence-electron chi connectivity index (χ4n) is 13.6. The Morgan fingerprint density at radius 2 is 0.778 bits per heavy atom. The summed E-state index contributed by atoms with van der Waals surface area (Å²) in [4.78, 5) is 2.57. The Morgan fingerprint density at radius 3 is 1.40 bits per heavy atom. The van der Waals surface area contributed by atoms with Crippen LogP contribution in [-0.4, -0.2) is 8.07 Å². The number of hydrogen-bond donors (Lipinski definition) is 0. The molecule has 0 spiro atoms. The minimum atomic E-state index is -2.86. The third kappa shape index (κ3) is 5.88. The zero-order valence-corrected chi connectivity index (χ0v) is 41.4. The van der Waals surface area contributed by atoms with Crippen LogP contribution in [-0.2, 0) is 10.8 Å². The van der Waals surface area contributed by atoms with Crippen molar-refractivity contribution in [2.75, 3.05) is 4.90 Å². The van der Waals surface area contributed by atoms with E-state index in [1.165, 1.54) is 98.6 Å². The predicted octanol–water partition coefficient (Wildman–Crippen LogP) is 14.5. The number of benzene rings is 11. The summed E-state index contributed by atoms with van der Waals surface area (Å²) in [6.45, 7) is 4.72. The van der Waals surface area contributed by atoms with E-state index in [0.717, 1.165) is 17.1 Å². The van der Waals surface area contributed by atoms with E-state index < -0.39 is 13.5 Å². The largest absolute Gasteiger partial charge is 0.310 e. The molecule has 0 N–H and O–H groups in total. The Bertz CT molecular complexity index is 3820. The predicted molar refractivity (Wildman–Crippen MR) is 303 cm³/mol. The molecule has 1 aliphatic heterocycles. The third-order valence-corrected chi connectivity index (χ3v) is 21.4. The number of nitrogens with zero attached hydrogens (tertiary/aromatic N) is 1. The van der Waals surface area contributed by atoms with Gasteiger partial charge < -0.3 is 4.90 Å². The molecule has 72 heavy (non-hydrogen) atoms. The van der Waals surface area contributed by atoms with E-state index in [-0.39, 0.29) is 5.41 Å². The van der Waals surface area contributed by atoms with E-state index in [1.807, 2.05) is 0 Å². The van der Waals surface area contributed by atoms with Gasteiger partial charge in [0.05, 0.1) is 5.41 Å². The lowest BCUT2D eigenvalue weighted by Gasteiger charge is -2.36. The normalized spacial score (nSPS) is 15.9. The molecule has 1 atom stereocenters. The zero-order valence-electron chi connectivity index (χ0n) is 40.4. The molecule has 1 unspecified atom stereocenters. The van der Waals surface area contributed by atoms with E-state index >= 15 is 0 Å². The van der Waals surface area contributed by atoms with Gasteiger partial charge in [-0.05, 0) is 149 Å². The Labute approximate surface area is 424 Å². The molecule has 0 saturated heterocycles. The second-order valence-electron chi connectivity index (χ2n) is 20.1. The Balaban J connectivity index is 1.06. The van der Waals surface area contributed by atoms with Crippen molar-refractivity contribution >= 4 is 45.9 Å². The van der Waals surface area contributed by atoms with Gasteiger partial charge in [-0.15, -0.1) is 0 Å². The van der Waals surface area contributed by atoms with Crippen molar-refractivity contribution < 1.29 is 0 Å². The van der Waals surface area contributed by atoms with Gasteiger partial charge in [-0.2, -0.15) is 0 Å². The number of anilines is 3. The van der Waals surface area contributed by atoms with Gasteiger partial charge in [0.25, 0.3) is 0 Å². The lowest BCUT2D eigenvalue weighted by molar-refractivity contribution is 0.714. The van der Waals surface area contributed by atoms with Crippen molar-refractivity contribution in [3.63, 3.8) is 0 Å².